The molecule has 0 bridgehead atoms. The Hall–Kier alpha value is -2.09. The zero-order chi connectivity index (χ0) is 13.1. The minimum Gasteiger partial charge on any atom is -0.341 e. The maximum atomic E-state index is 10.7. The van der Waals surface area contributed by atoms with Crippen LogP contribution < -0.4 is 4.90 Å². The SMILES string of the molecule is O=Cc1ccc(N2CCCCc3ccccc32)cc1. The van der Waals surface area contributed by atoms with Gasteiger partial charge in [-0.25, -0.2) is 0 Å². The van der Waals surface area contributed by atoms with Crippen LogP contribution in [0.4, 0.5) is 11.4 Å². The number of hydrogen-bond donors (Lipinski definition) is 0. The summed E-state index contributed by atoms with van der Waals surface area (Å²) in [5.41, 5.74) is 4.62. The number of carbonyl (C=O) groups excluding carboxylic acids is 1. The minimum atomic E-state index is 0.729. The van der Waals surface area contributed by atoms with Crippen LogP contribution in [0, 0.1) is 0 Å². The number of benzene rings is 2. The summed E-state index contributed by atoms with van der Waals surface area (Å²) >= 11 is 0. The van der Waals surface area contributed by atoms with E-state index in [-0.39, 0.29) is 0 Å². The van der Waals surface area contributed by atoms with E-state index in [2.05, 4.69) is 29.2 Å². The summed E-state index contributed by atoms with van der Waals surface area (Å²) in [4.78, 5) is 13.1. The fourth-order valence-corrected chi connectivity index (χ4v) is 2.69. The van der Waals surface area contributed by atoms with Crippen molar-refractivity contribution >= 4 is 17.7 Å². The Morgan fingerprint density at radius 1 is 0.947 bits per heavy atom. The number of fused-ring (bicyclic) bond motifs is 1. The molecular formula is C17H17NO. The summed E-state index contributed by atoms with van der Waals surface area (Å²) in [5.74, 6) is 0. The van der Waals surface area contributed by atoms with Gasteiger partial charge in [-0.2, -0.15) is 0 Å². The highest BCUT2D eigenvalue weighted by atomic mass is 16.1. The summed E-state index contributed by atoms with van der Waals surface area (Å²) in [6.45, 7) is 1.04. The topological polar surface area (TPSA) is 20.3 Å². The highest BCUT2D eigenvalue weighted by Gasteiger charge is 2.15. The fraction of sp³-hybridized carbons (Fsp3) is 0.235. The molecule has 2 heteroatoms. The quantitative estimate of drug-likeness (QED) is 0.753. The normalized spacial score (nSPS) is 14.6. The van der Waals surface area contributed by atoms with Crippen LogP contribution in [0.3, 0.4) is 0 Å². The third-order valence-corrected chi connectivity index (χ3v) is 3.70. The van der Waals surface area contributed by atoms with E-state index < -0.39 is 0 Å². The molecule has 1 aliphatic rings. The summed E-state index contributed by atoms with van der Waals surface area (Å²) in [5, 5.41) is 0. The standard InChI is InChI=1S/C17H17NO/c19-13-14-8-10-16(11-9-14)18-12-4-3-6-15-5-1-2-7-17(15)18/h1-2,5,7-11,13H,3-4,6,12H2. The summed E-state index contributed by atoms with van der Waals surface area (Å²) in [7, 11) is 0. The molecule has 2 aromatic rings. The van der Waals surface area contributed by atoms with E-state index >= 15 is 0 Å². The van der Waals surface area contributed by atoms with Gasteiger partial charge in [0.05, 0.1) is 0 Å². The number of rotatable bonds is 2. The van der Waals surface area contributed by atoms with Gasteiger partial charge in [0.1, 0.15) is 6.29 Å². The molecule has 2 nitrogen and oxygen atoms in total. The van der Waals surface area contributed by atoms with Crippen molar-refractivity contribution in [2.24, 2.45) is 0 Å². The lowest BCUT2D eigenvalue weighted by molar-refractivity contribution is 0.112. The molecule has 0 N–H and O–H groups in total. The van der Waals surface area contributed by atoms with Crippen LogP contribution in [0.15, 0.2) is 48.5 Å². The molecule has 2 aromatic carbocycles. The largest absolute Gasteiger partial charge is 0.341 e. The summed E-state index contributed by atoms with van der Waals surface area (Å²) in [6, 6.07) is 16.4. The summed E-state index contributed by atoms with van der Waals surface area (Å²) in [6.07, 6.45) is 4.48. The molecule has 0 saturated heterocycles. The second kappa shape index (κ2) is 5.27. The number of anilines is 2. The Bertz CT molecular complexity index is 574. The Morgan fingerprint density at radius 2 is 1.74 bits per heavy atom. The maximum absolute atomic E-state index is 10.7. The molecule has 0 saturated carbocycles. The molecule has 0 spiro atoms. The van der Waals surface area contributed by atoms with Gasteiger partial charge in [-0.1, -0.05) is 18.2 Å². The number of aryl methyl sites for hydroxylation is 1. The van der Waals surface area contributed by atoms with Crippen molar-refractivity contribution < 1.29 is 4.79 Å². The highest BCUT2D eigenvalue weighted by Crippen LogP contribution is 2.32. The Morgan fingerprint density at radius 3 is 2.53 bits per heavy atom. The van der Waals surface area contributed by atoms with E-state index in [1.807, 2.05) is 24.3 Å². The Labute approximate surface area is 113 Å². The van der Waals surface area contributed by atoms with Gasteiger partial charge in [-0.3, -0.25) is 4.79 Å². The van der Waals surface area contributed by atoms with Gasteiger partial charge in [0.25, 0.3) is 0 Å². The lowest BCUT2D eigenvalue weighted by Gasteiger charge is -2.25. The first-order chi connectivity index (χ1) is 9.38. The average Bonchev–Trinajstić information content (AvgIpc) is 2.70. The molecular weight excluding hydrogens is 234 g/mol. The van der Waals surface area contributed by atoms with Crippen LogP contribution in [0.25, 0.3) is 0 Å². The van der Waals surface area contributed by atoms with Crippen LogP contribution >= 0.6 is 0 Å². The van der Waals surface area contributed by atoms with Crippen LogP contribution in [-0.2, 0) is 6.42 Å². The molecule has 0 aromatic heterocycles. The predicted molar refractivity (Wildman–Crippen MR) is 78.2 cm³/mol. The molecule has 3 rings (SSSR count). The number of carbonyl (C=O) groups is 1. The molecule has 0 radical (unpaired) electrons. The molecule has 96 valence electrons. The van der Waals surface area contributed by atoms with Crippen molar-refractivity contribution in [1.82, 2.24) is 0 Å². The van der Waals surface area contributed by atoms with Gasteiger partial charge >= 0.3 is 0 Å². The third kappa shape index (κ3) is 2.39. The zero-order valence-corrected chi connectivity index (χ0v) is 10.9. The van der Waals surface area contributed by atoms with Crippen molar-refractivity contribution in [3.8, 4) is 0 Å². The number of nitrogens with zero attached hydrogens (tertiary/aromatic N) is 1. The lowest BCUT2D eigenvalue weighted by atomic mass is 10.1. The minimum absolute atomic E-state index is 0.729. The van der Waals surface area contributed by atoms with Crippen molar-refractivity contribution in [3.63, 3.8) is 0 Å². The number of para-hydroxylation sites is 1. The van der Waals surface area contributed by atoms with Crippen molar-refractivity contribution in [2.75, 3.05) is 11.4 Å². The first-order valence-electron chi connectivity index (χ1n) is 6.79. The molecule has 0 unspecified atom stereocenters. The first-order valence-corrected chi connectivity index (χ1v) is 6.79. The van der Waals surface area contributed by atoms with E-state index in [1.54, 1.807) is 0 Å². The molecule has 0 amide bonds. The second-order valence-corrected chi connectivity index (χ2v) is 4.95. The summed E-state index contributed by atoms with van der Waals surface area (Å²) < 4.78 is 0. The van der Waals surface area contributed by atoms with Gasteiger partial charge in [0.2, 0.25) is 0 Å². The molecule has 0 atom stereocenters. The molecule has 1 aliphatic heterocycles. The van der Waals surface area contributed by atoms with Crippen LogP contribution in [0.1, 0.15) is 28.8 Å². The smallest absolute Gasteiger partial charge is 0.150 e. The van der Waals surface area contributed by atoms with Gasteiger partial charge < -0.3 is 4.90 Å². The molecule has 0 aliphatic carbocycles. The van der Waals surface area contributed by atoms with Crippen LogP contribution in [-0.4, -0.2) is 12.8 Å². The zero-order valence-electron chi connectivity index (χ0n) is 10.9. The molecule has 0 fully saturated rings. The Balaban J connectivity index is 2.01. The van der Waals surface area contributed by atoms with Crippen LogP contribution in [0.2, 0.25) is 0 Å². The maximum Gasteiger partial charge on any atom is 0.150 e. The third-order valence-electron chi connectivity index (χ3n) is 3.70. The number of hydrogen-bond acceptors (Lipinski definition) is 2. The number of aldehydes is 1. The Kier molecular flexibility index (Phi) is 3.32. The molecule has 1 heterocycles. The monoisotopic (exact) mass is 251 g/mol. The first kappa shape index (κ1) is 12.0. The predicted octanol–water partition coefficient (Wildman–Crippen LogP) is 3.97. The van der Waals surface area contributed by atoms with E-state index in [0.29, 0.717) is 0 Å². The van der Waals surface area contributed by atoms with Gasteiger partial charge in [-0.05, 0) is 55.2 Å². The van der Waals surface area contributed by atoms with E-state index in [9.17, 15) is 4.79 Å². The van der Waals surface area contributed by atoms with Crippen LogP contribution in [0.5, 0.6) is 0 Å². The average molecular weight is 251 g/mol. The second-order valence-electron chi connectivity index (χ2n) is 4.95. The van der Waals surface area contributed by atoms with Gasteiger partial charge in [-0.15, -0.1) is 0 Å². The highest BCUT2D eigenvalue weighted by molar-refractivity contribution is 5.77. The van der Waals surface area contributed by atoms with Crippen molar-refractivity contribution in [3.05, 3.63) is 59.7 Å². The van der Waals surface area contributed by atoms with E-state index in [0.717, 1.165) is 24.8 Å². The van der Waals surface area contributed by atoms with Gasteiger partial charge in [0, 0.05) is 23.5 Å². The van der Waals surface area contributed by atoms with E-state index in [4.69, 9.17) is 0 Å². The van der Waals surface area contributed by atoms with Gasteiger partial charge in [0.15, 0.2) is 0 Å². The van der Waals surface area contributed by atoms with E-state index in [1.165, 1.54) is 29.8 Å². The van der Waals surface area contributed by atoms with Crippen molar-refractivity contribution in [2.45, 2.75) is 19.3 Å². The fourth-order valence-electron chi connectivity index (χ4n) is 2.69. The lowest BCUT2D eigenvalue weighted by Crippen LogP contribution is -2.17. The molecule has 19 heavy (non-hydrogen) atoms. The van der Waals surface area contributed by atoms with Crippen molar-refractivity contribution in [1.29, 1.82) is 0 Å².